The quantitative estimate of drug-likeness (QED) is 0.653. The highest BCUT2D eigenvalue weighted by atomic mass is 127. The topological polar surface area (TPSA) is 20.2 Å². The Morgan fingerprint density at radius 1 is 1.36 bits per heavy atom. The Hall–Kier alpha value is 0.200. The van der Waals surface area contributed by atoms with Crippen molar-refractivity contribution in [2.24, 2.45) is 0 Å². The lowest BCUT2D eigenvalue weighted by Crippen LogP contribution is -1.97. The van der Waals surface area contributed by atoms with Crippen LogP contribution in [0.25, 0.3) is 0 Å². The van der Waals surface area contributed by atoms with E-state index in [2.05, 4.69) is 22.6 Å². The molecule has 3 heteroatoms. The highest BCUT2D eigenvalue weighted by molar-refractivity contribution is 14.1. The molecule has 0 unspecified atom stereocenters. The van der Waals surface area contributed by atoms with Gasteiger partial charge in [0.15, 0.2) is 0 Å². The third-order valence-electron chi connectivity index (χ3n) is 1.40. The van der Waals surface area contributed by atoms with E-state index in [0.717, 1.165) is 9.13 Å². The first kappa shape index (κ1) is 9.29. The average molecular weight is 283 g/mol. The van der Waals surface area contributed by atoms with Crippen LogP contribution in [0.3, 0.4) is 0 Å². The Labute approximate surface area is 84.5 Å². The van der Waals surface area contributed by atoms with Crippen LogP contribution < -0.4 is 0 Å². The molecule has 0 fully saturated rings. The number of hydrogen-bond acceptors (Lipinski definition) is 1. The number of rotatable bonds is 2. The van der Waals surface area contributed by atoms with E-state index in [0.29, 0.717) is 0 Å². The molecule has 0 radical (unpaired) electrons. The van der Waals surface area contributed by atoms with Crippen LogP contribution in [-0.2, 0) is 0 Å². The van der Waals surface area contributed by atoms with Crippen molar-refractivity contribution in [2.45, 2.75) is 6.10 Å². The van der Waals surface area contributed by atoms with Crippen molar-refractivity contribution < 1.29 is 5.11 Å². The predicted octanol–water partition coefficient (Wildman–Crippen LogP) is 2.56. The van der Waals surface area contributed by atoms with E-state index in [1.807, 2.05) is 24.3 Å². The van der Waals surface area contributed by atoms with Gasteiger partial charge in [-0.1, -0.05) is 12.1 Å². The van der Waals surface area contributed by atoms with Crippen LogP contribution >= 0.6 is 34.2 Å². The molecule has 0 spiro atoms. The first-order chi connectivity index (χ1) is 5.24. The predicted molar refractivity (Wildman–Crippen MR) is 54.8 cm³/mol. The van der Waals surface area contributed by atoms with Crippen molar-refractivity contribution in [3.8, 4) is 0 Å². The summed E-state index contributed by atoms with van der Waals surface area (Å²) in [7, 11) is 0. The van der Waals surface area contributed by atoms with Gasteiger partial charge in [-0.15, -0.1) is 11.6 Å². The molecule has 0 saturated carbocycles. The van der Waals surface area contributed by atoms with Crippen LogP contribution in [0, 0.1) is 3.57 Å². The maximum Gasteiger partial charge on any atom is 0.0925 e. The standard InChI is InChI=1S/C8H8ClIO/c9-5-8(11)6-1-3-7(10)4-2-6/h1-4,8,11H,5H2/t8-/m0/s1. The van der Waals surface area contributed by atoms with Crippen molar-refractivity contribution >= 4 is 34.2 Å². The first-order valence-electron chi connectivity index (χ1n) is 3.23. The van der Waals surface area contributed by atoms with Gasteiger partial charge in [0.25, 0.3) is 0 Å². The molecule has 0 amide bonds. The summed E-state index contributed by atoms with van der Waals surface area (Å²) in [5, 5.41) is 9.29. The summed E-state index contributed by atoms with van der Waals surface area (Å²) in [5.41, 5.74) is 0.875. The zero-order valence-corrected chi connectivity index (χ0v) is 8.71. The Bertz CT molecular complexity index is 222. The van der Waals surface area contributed by atoms with Crippen LogP contribution in [-0.4, -0.2) is 11.0 Å². The number of aliphatic hydroxyl groups excluding tert-OH is 1. The van der Waals surface area contributed by atoms with Gasteiger partial charge in [0.05, 0.1) is 12.0 Å². The van der Waals surface area contributed by atoms with E-state index < -0.39 is 6.10 Å². The zero-order valence-electron chi connectivity index (χ0n) is 5.80. The van der Waals surface area contributed by atoms with Crippen molar-refractivity contribution in [1.82, 2.24) is 0 Å². The van der Waals surface area contributed by atoms with E-state index in [9.17, 15) is 5.11 Å². The van der Waals surface area contributed by atoms with Crippen LogP contribution in [0.5, 0.6) is 0 Å². The van der Waals surface area contributed by atoms with Gasteiger partial charge in [0.1, 0.15) is 0 Å². The molecule has 0 aliphatic carbocycles. The van der Waals surface area contributed by atoms with Crippen molar-refractivity contribution in [1.29, 1.82) is 0 Å². The minimum absolute atomic E-state index is 0.251. The van der Waals surface area contributed by atoms with Crippen molar-refractivity contribution in [2.75, 3.05) is 5.88 Å². The number of aliphatic hydroxyl groups is 1. The molecule has 11 heavy (non-hydrogen) atoms. The molecular weight excluding hydrogens is 274 g/mol. The molecule has 1 rings (SSSR count). The summed E-state index contributed by atoms with van der Waals surface area (Å²) in [6, 6.07) is 7.67. The molecule has 1 nitrogen and oxygen atoms in total. The summed E-state index contributed by atoms with van der Waals surface area (Å²) in [6.07, 6.45) is -0.534. The van der Waals surface area contributed by atoms with Crippen LogP contribution in [0.15, 0.2) is 24.3 Å². The highest BCUT2D eigenvalue weighted by Gasteiger charge is 2.03. The average Bonchev–Trinajstić information content (AvgIpc) is 2.05. The number of halogens is 2. The molecule has 0 saturated heterocycles. The van der Waals surface area contributed by atoms with E-state index in [1.165, 1.54) is 0 Å². The summed E-state index contributed by atoms with van der Waals surface area (Å²) < 4.78 is 1.16. The maximum atomic E-state index is 9.29. The number of benzene rings is 1. The normalized spacial score (nSPS) is 13.0. The fourth-order valence-electron chi connectivity index (χ4n) is 0.774. The van der Waals surface area contributed by atoms with Crippen LogP contribution in [0.2, 0.25) is 0 Å². The van der Waals surface area contributed by atoms with E-state index >= 15 is 0 Å². The Morgan fingerprint density at radius 2 is 1.91 bits per heavy atom. The summed E-state index contributed by atoms with van der Waals surface area (Å²) in [6.45, 7) is 0. The van der Waals surface area contributed by atoms with E-state index in [4.69, 9.17) is 11.6 Å². The van der Waals surface area contributed by atoms with Gasteiger partial charge in [-0.25, -0.2) is 0 Å². The first-order valence-corrected chi connectivity index (χ1v) is 4.85. The molecule has 1 aromatic carbocycles. The minimum atomic E-state index is -0.534. The Balaban J connectivity index is 2.81. The molecule has 0 bridgehead atoms. The second-order valence-corrected chi connectivity index (χ2v) is 3.78. The van der Waals surface area contributed by atoms with E-state index in [1.54, 1.807) is 0 Å². The molecule has 0 aromatic heterocycles. The lowest BCUT2D eigenvalue weighted by molar-refractivity contribution is 0.202. The van der Waals surface area contributed by atoms with Crippen LogP contribution in [0.4, 0.5) is 0 Å². The molecule has 0 heterocycles. The third kappa shape index (κ3) is 2.61. The second-order valence-electron chi connectivity index (χ2n) is 2.22. The zero-order chi connectivity index (χ0) is 8.27. The fourth-order valence-corrected chi connectivity index (χ4v) is 1.31. The lowest BCUT2D eigenvalue weighted by atomic mass is 10.1. The second kappa shape index (κ2) is 4.28. The van der Waals surface area contributed by atoms with Gasteiger partial charge >= 0.3 is 0 Å². The molecule has 0 aliphatic heterocycles. The smallest absolute Gasteiger partial charge is 0.0925 e. The largest absolute Gasteiger partial charge is 0.387 e. The summed E-state index contributed by atoms with van der Waals surface area (Å²) in [4.78, 5) is 0. The SMILES string of the molecule is O[C@@H](CCl)c1ccc(I)cc1. The van der Waals surface area contributed by atoms with Gasteiger partial charge in [-0.05, 0) is 40.3 Å². The minimum Gasteiger partial charge on any atom is -0.387 e. The summed E-state index contributed by atoms with van der Waals surface area (Å²) >= 11 is 7.69. The van der Waals surface area contributed by atoms with Gasteiger partial charge < -0.3 is 5.11 Å². The Morgan fingerprint density at radius 3 is 2.36 bits per heavy atom. The van der Waals surface area contributed by atoms with Crippen molar-refractivity contribution in [3.63, 3.8) is 0 Å². The lowest BCUT2D eigenvalue weighted by Gasteiger charge is -2.05. The maximum absolute atomic E-state index is 9.29. The molecule has 1 atom stereocenters. The van der Waals surface area contributed by atoms with Crippen LogP contribution in [0.1, 0.15) is 11.7 Å². The van der Waals surface area contributed by atoms with Gasteiger partial charge in [0, 0.05) is 3.57 Å². The molecule has 0 aliphatic rings. The molecule has 1 aromatic rings. The monoisotopic (exact) mass is 282 g/mol. The fraction of sp³-hybridized carbons (Fsp3) is 0.250. The number of hydrogen-bond donors (Lipinski definition) is 1. The van der Waals surface area contributed by atoms with Crippen molar-refractivity contribution in [3.05, 3.63) is 33.4 Å². The van der Waals surface area contributed by atoms with Gasteiger partial charge in [-0.2, -0.15) is 0 Å². The highest BCUT2D eigenvalue weighted by Crippen LogP contribution is 2.15. The van der Waals surface area contributed by atoms with Gasteiger partial charge in [0.2, 0.25) is 0 Å². The third-order valence-corrected chi connectivity index (χ3v) is 2.41. The molecule has 60 valence electrons. The van der Waals surface area contributed by atoms with Gasteiger partial charge in [-0.3, -0.25) is 0 Å². The molecule has 1 N–H and O–H groups in total. The Kier molecular flexibility index (Phi) is 3.62. The summed E-state index contributed by atoms with van der Waals surface area (Å²) in [5.74, 6) is 0.251. The number of alkyl halides is 1. The van der Waals surface area contributed by atoms with E-state index in [-0.39, 0.29) is 5.88 Å². The molecular formula is C8H8ClIO.